The number of aryl methyl sites for hydroxylation is 1. The number of nitrogens with zero attached hydrogens (tertiary/aromatic N) is 2. The first-order valence-electron chi connectivity index (χ1n) is 8.20. The number of thioether (sulfide) groups is 1. The molecular formula is C19H20N4OS. The molecule has 1 amide bonds. The predicted molar refractivity (Wildman–Crippen MR) is 99.5 cm³/mol. The highest BCUT2D eigenvalue weighted by atomic mass is 32.2. The Morgan fingerprint density at radius 1 is 1.04 bits per heavy atom. The zero-order valence-corrected chi connectivity index (χ0v) is 14.6. The van der Waals surface area contributed by atoms with Crippen LogP contribution in [0.15, 0.2) is 66.1 Å². The van der Waals surface area contributed by atoms with Gasteiger partial charge in [-0.15, -0.1) is 0 Å². The van der Waals surface area contributed by atoms with E-state index in [1.54, 1.807) is 11.8 Å². The van der Waals surface area contributed by atoms with Crippen molar-refractivity contribution >= 4 is 17.7 Å². The molecule has 0 radical (unpaired) electrons. The van der Waals surface area contributed by atoms with Crippen LogP contribution in [0.25, 0.3) is 0 Å². The second-order valence-corrected chi connectivity index (χ2v) is 6.59. The van der Waals surface area contributed by atoms with Crippen LogP contribution in [0.2, 0.25) is 0 Å². The number of amides is 1. The largest absolute Gasteiger partial charge is 0.352 e. The normalized spacial score (nSPS) is 10.6. The van der Waals surface area contributed by atoms with Gasteiger partial charge in [-0.05, 0) is 36.1 Å². The second kappa shape index (κ2) is 9.03. The van der Waals surface area contributed by atoms with Crippen LogP contribution in [0, 0.1) is 0 Å². The van der Waals surface area contributed by atoms with Gasteiger partial charge in [0, 0.05) is 17.9 Å². The third-order valence-corrected chi connectivity index (χ3v) is 4.70. The van der Waals surface area contributed by atoms with Crippen LogP contribution in [0.5, 0.6) is 0 Å². The highest BCUT2D eigenvalue weighted by Crippen LogP contribution is 2.18. The summed E-state index contributed by atoms with van der Waals surface area (Å²) in [6, 6.07) is 18.0. The first-order chi connectivity index (χ1) is 12.3. The third-order valence-electron chi connectivity index (χ3n) is 3.76. The molecule has 0 aliphatic rings. The summed E-state index contributed by atoms with van der Waals surface area (Å²) in [6.07, 6.45) is 3.40. The van der Waals surface area contributed by atoms with Crippen LogP contribution in [-0.2, 0) is 12.2 Å². The number of aromatic amines is 1. The molecule has 3 aromatic rings. The molecule has 0 unspecified atom stereocenters. The number of benzene rings is 2. The maximum atomic E-state index is 12.2. The van der Waals surface area contributed by atoms with Crippen molar-refractivity contribution in [3.05, 3.63) is 77.6 Å². The number of H-pyrrole nitrogens is 1. The SMILES string of the molecule is O=C(NCCCc1ccccc1)c1ccc(CSc2ncn[nH]2)cc1. The fourth-order valence-corrected chi connectivity index (χ4v) is 3.14. The lowest BCUT2D eigenvalue weighted by molar-refractivity contribution is 0.0953. The monoisotopic (exact) mass is 352 g/mol. The molecule has 1 heterocycles. The van der Waals surface area contributed by atoms with Crippen molar-refractivity contribution in [3.63, 3.8) is 0 Å². The molecule has 6 heteroatoms. The molecule has 3 rings (SSSR count). The number of aromatic nitrogens is 3. The van der Waals surface area contributed by atoms with Crippen LogP contribution in [-0.4, -0.2) is 27.6 Å². The fourth-order valence-electron chi connectivity index (χ4n) is 2.41. The second-order valence-electron chi connectivity index (χ2n) is 5.62. The van der Waals surface area contributed by atoms with Gasteiger partial charge in [0.05, 0.1) is 0 Å². The van der Waals surface area contributed by atoms with Gasteiger partial charge in [-0.3, -0.25) is 9.89 Å². The van der Waals surface area contributed by atoms with Crippen molar-refractivity contribution in [3.8, 4) is 0 Å². The summed E-state index contributed by atoms with van der Waals surface area (Å²) in [5.41, 5.74) is 3.13. The van der Waals surface area contributed by atoms with Crippen molar-refractivity contribution in [1.82, 2.24) is 20.5 Å². The number of hydrogen-bond acceptors (Lipinski definition) is 4. The van der Waals surface area contributed by atoms with Gasteiger partial charge in [0.15, 0.2) is 5.16 Å². The summed E-state index contributed by atoms with van der Waals surface area (Å²) < 4.78 is 0. The van der Waals surface area contributed by atoms with E-state index >= 15 is 0 Å². The Labute approximate surface area is 151 Å². The van der Waals surface area contributed by atoms with Crippen LogP contribution in [0.3, 0.4) is 0 Å². The van der Waals surface area contributed by atoms with E-state index in [2.05, 4.69) is 32.6 Å². The van der Waals surface area contributed by atoms with Gasteiger partial charge in [0.2, 0.25) is 0 Å². The van der Waals surface area contributed by atoms with Crippen LogP contribution in [0.1, 0.15) is 27.9 Å². The van der Waals surface area contributed by atoms with Gasteiger partial charge in [-0.1, -0.05) is 54.2 Å². The van der Waals surface area contributed by atoms with Crippen molar-refractivity contribution < 1.29 is 4.79 Å². The number of hydrogen-bond donors (Lipinski definition) is 2. The first kappa shape index (κ1) is 17.2. The molecule has 0 bridgehead atoms. The minimum absolute atomic E-state index is 0.0255. The Bertz CT molecular complexity index is 773. The lowest BCUT2D eigenvalue weighted by Gasteiger charge is -2.06. The van der Waals surface area contributed by atoms with Crippen LogP contribution >= 0.6 is 11.8 Å². The standard InChI is InChI=1S/C19H20N4OS/c24-18(20-12-4-7-15-5-2-1-3-6-15)17-10-8-16(9-11-17)13-25-19-21-14-22-23-19/h1-3,5-6,8-11,14H,4,7,12-13H2,(H,20,24)(H,21,22,23). The fraction of sp³-hybridized carbons (Fsp3) is 0.211. The molecule has 128 valence electrons. The third kappa shape index (κ3) is 5.46. The van der Waals surface area contributed by atoms with E-state index in [1.807, 2.05) is 42.5 Å². The lowest BCUT2D eigenvalue weighted by atomic mass is 10.1. The summed E-state index contributed by atoms with van der Waals surface area (Å²) in [6.45, 7) is 0.677. The molecule has 1 aromatic heterocycles. The summed E-state index contributed by atoms with van der Waals surface area (Å²) in [5.74, 6) is 0.760. The summed E-state index contributed by atoms with van der Waals surface area (Å²) in [5, 5.41) is 10.4. The Hall–Kier alpha value is -2.60. The van der Waals surface area contributed by atoms with Gasteiger partial charge < -0.3 is 5.32 Å². The molecule has 0 fully saturated rings. The van der Waals surface area contributed by atoms with Crippen LogP contribution in [0.4, 0.5) is 0 Å². The van der Waals surface area contributed by atoms with Gasteiger partial charge in [-0.25, -0.2) is 4.98 Å². The van der Waals surface area contributed by atoms with Crippen LogP contribution < -0.4 is 5.32 Å². The zero-order chi connectivity index (χ0) is 17.3. The predicted octanol–water partition coefficient (Wildman–Crippen LogP) is 3.46. The average Bonchev–Trinajstić information content (AvgIpc) is 3.18. The number of carbonyl (C=O) groups is 1. The molecule has 2 aromatic carbocycles. The molecule has 0 aliphatic heterocycles. The summed E-state index contributed by atoms with van der Waals surface area (Å²) in [4.78, 5) is 16.2. The Morgan fingerprint density at radius 2 is 1.84 bits per heavy atom. The topological polar surface area (TPSA) is 70.7 Å². The molecule has 0 saturated heterocycles. The lowest BCUT2D eigenvalue weighted by Crippen LogP contribution is -2.24. The quantitative estimate of drug-likeness (QED) is 0.481. The maximum Gasteiger partial charge on any atom is 0.251 e. The molecule has 0 aliphatic carbocycles. The summed E-state index contributed by atoms with van der Waals surface area (Å²) >= 11 is 1.58. The van der Waals surface area contributed by atoms with E-state index in [-0.39, 0.29) is 5.91 Å². The Morgan fingerprint density at radius 3 is 2.56 bits per heavy atom. The van der Waals surface area contributed by atoms with Gasteiger partial charge in [0.1, 0.15) is 6.33 Å². The van der Waals surface area contributed by atoms with Gasteiger partial charge >= 0.3 is 0 Å². The minimum Gasteiger partial charge on any atom is -0.352 e. The van der Waals surface area contributed by atoms with E-state index in [0.29, 0.717) is 12.1 Å². The first-order valence-corrected chi connectivity index (χ1v) is 9.19. The molecule has 25 heavy (non-hydrogen) atoms. The van der Waals surface area contributed by atoms with E-state index in [4.69, 9.17) is 0 Å². The maximum absolute atomic E-state index is 12.2. The number of nitrogens with one attached hydrogen (secondary N) is 2. The summed E-state index contributed by atoms with van der Waals surface area (Å²) in [7, 11) is 0. The van der Waals surface area contributed by atoms with Crippen molar-refractivity contribution in [2.75, 3.05) is 6.54 Å². The molecule has 0 spiro atoms. The van der Waals surface area contributed by atoms with E-state index in [0.717, 1.165) is 29.3 Å². The van der Waals surface area contributed by atoms with E-state index in [9.17, 15) is 4.79 Å². The molecular weight excluding hydrogens is 332 g/mol. The zero-order valence-electron chi connectivity index (χ0n) is 13.8. The molecule has 0 atom stereocenters. The van der Waals surface area contributed by atoms with Gasteiger partial charge in [-0.2, -0.15) is 5.10 Å². The molecule has 5 nitrogen and oxygen atoms in total. The van der Waals surface area contributed by atoms with E-state index in [1.165, 1.54) is 11.9 Å². The van der Waals surface area contributed by atoms with E-state index < -0.39 is 0 Å². The molecule has 0 saturated carbocycles. The van der Waals surface area contributed by atoms with Gasteiger partial charge in [0.25, 0.3) is 5.91 Å². The molecule has 2 N–H and O–H groups in total. The smallest absolute Gasteiger partial charge is 0.251 e. The average molecular weight is 352 g/mol. The minimum atomic E-state index is -0.0255. The Balaban J connectivity index is 1.41. The Kier molecular flexibility index (Phi) is 6.23. The highest BCUT2D eigenvalue weighted by molar-refractivity contribution is 7.98. The number of carbonyl (C=O) groups excluding carboxylic acids is 1. The number of rotatable bonds is 8. The van der Waals surface area contributed by atoms with Crippen molar-refractivity contribution in [1.29, 1.82) is 0 Å². The highest BCUT2D eigenvalue weighted by Gasteiger charge is 2.05. The van der Waals surface area contributed by atoms with Crippen molar-refractivity contribution in [2.24, 2.45) is 0 Å². The van der Waals surface area contributed by atoms with Crippen molar-refractivity contribution in [2.45, 2.75) is 23.8 Å².